The van der Waals surface area contributed by atoms with Gasteiger partial charge in [-0.15, -0.1) is 0 Å². The Morgan fingerprint density at radius 3 is 2.27 bits per heavy atom. The first-order valence-electron chi connectivity index (χ1n) is 8.48. The first-order chi connectivity index (χ1) is 12.4. The van der Waals surface area contributed by atoms with E-state index in [0.717, 1.165) is 22.0 Å². The molecule has 0 aliphatic carbocycles. The van der Waals surface area contributed by atoms with Crippen molar-refractivity contribution < 1.29 is 14.3 Å². The standard InChI is InChI=1S/C20H23BrN2O3/c1-4-9-22-20(25)15-5-7-17(8-6-15)23-18(24)12-26-19-13(2)10-16(21)11-14(19)3/h5-8,10-11H,4,9,12H2,1-3H3,(H,22,25)(H,23,24). The Labute approximate surface area is 162 Å². The average Bonchev–Trinajstić information content (AvgIpc) is 2.59. The number of carbonyl (C=O) groups is 2. The minimum atomic E-state index is -0.255. The van der Waals surface area contributed by atoms with Crippen LogP contribution in [0.15, 0.2) is 40.9 Å². The number of benzene rings is 2. The van der Waals surface area contributed by atoms with E-state index in [9.17, 15) is 9.59 Å². The van der Waals surface area contributed by atoms with Crippen molar-refractivity contribution in [2.45, 2.75) is 27.2 Å². The third-order valence-electron chi connectivity index (χ3n) is 3.74. The normalized spacial score (nSPS) is 10.3. The molecule has 0 radical (unpaired) electrons. The maximum absolute atomic E-state index is 12.1. The number of hydrogen-bond donors (Lipinski definition) is 2. The maximum atomic E-state index is 12.1. The largest absolute Gasteiger partial charge is 0.483 e. The summed E-state index contributed by atoms with van der Waals surface area (Å²) in [6, 6.07) is 10.7. The van der Waals surface area contributed by atoms with Gasteiger partial charge >= 0.3 is 0 Å². The fraction of sp³-hybridized carbons (Fsp3) is 0.300. The summed E-state index contributed by atoms with van der Waals surface area (Å²) < 4.78 is 6.64. The number of amides is 2. The number of anilines is 1. The van der Waals surface area contributed by atoms with E-state index in [-0.39, 0.29) is 18.4 Å². The third-order valence-corrected chi connectivity index (χ3v) is 4.20. The quantitative estimate of drug-likeness (QED) is 0.706. The Balaban J connectivity index is 1.91. The van der Waals surface area contributed by atoms with E-state index in [2.05, 4.69) is 26.6 Å². The van der Waals surface area contributed by atoms with Crippen molar-refractivity contribution in [3.8, 4) is 5.75 Å². The molecule has 0 heterocycles. The zero-order valence-electron chi connectivity index (χ0n) is 15.2. The van der Waals surface area contributed by atoms with Crippen molar-refractivity contribution >= 4 is 33.4 Å². The number of rotatable bonds is 7. The highest BCUT2D eigenvalue weighted by Gasteiger charge is 2.10. The van der Waals surface area contributed by atoms with Crippen molar-refractivity contribution in [2.24, 2.45) is 0 Å². The predicted octanol–water partition coefficient (Wildman–Crippen LogP) is 4.22. The van der Waals surface area contributed by atoms with E-state index in [0.29, 0.717) is 23.5 Å². The van der Waals surface area contributed by atoms with Gasteiger partial charge in [-0.25, -0.2) is 0 Å². The van der Waals surface area contributed by atoms with Gasteiger partial charge in [0.15, 0.2) is 6.61 Å². The highest BCUT2D eigenvalue weighted by atomic mass is 79.9. The summed E-state index contributed by atoms with van der Waals surface area (Å²) in [4.78, 5) is 24.0. The van der Waals surface area contributed by atoms with Crippen LogP contribution in [0.2, 0.25) is 0 Å². The van der Waals surface area contributed by atoms with Crippen molar-refractivity contribution in [3.05, 3.63) is 57.6 Å². The summed E-state index contributed by atoms with van der Waals surface area (Å²) in [6.07, 6.45) is 0.886. The molecule has 5 nitrogen and oxygen atoms in total. The molecule has 0 atom stereocenters. The van der Waals surface area contributed by atoms with Gasteiger partial charge in [0, 0.05) is 22.3 Å². The van der Waals surface area contributed by atoms with Crippen LogP contribution in [0.4, 0.5) is 5.69 Å². The molecule has 0 spiro atoms. The summed E-state index contributed by atoms with van der Waals surface area (Å²) >= 11 is 3.44. The molecule has 6 heteroatoms. The van der Waals surface area contributed by atoms with Gasteiger partial charge in [0.25, 0.3) is 11.8 Å². The topological polar surface area (TPSA) is 67.4 Å². The average molecular weight is 419 g/mol. The number of ether oxygens (including phenoxy) is 1. The molecular formula is C20H23BrN2O3. The molecule has 26 heavy (non-hydrogen) atoms. The van der Waals surface area contributed by atoms with Gasteiger partial charge in [-0.2, -0.15) is 0 Å². The van der Waals surface area contributed by atoms with Gasteiger partial charge in [-0.05, 0) is 67.8 Å². The lowest BCUT2D eigenvalue weighted by Gasteiger charge is -2.13. The highest BCUT2D eigenvalue weighted by molar-refractivity contribution is 9.10. The minimum Gasteiger partial charge on any atom is -0.483 e. The van der Waals surface area contributed by atoms with E-state index in [1.165, 1.54) is 0 Å². The lowest BCUT2D eigenvalue weighted by molar-refractivity contribution is -0.118. The zero-order valence-corrected chi connectivity index (χ0v) is 16.8. The molecule has 0 bridgehead atoms. The molecule has 2 aromatic carbocycles. The smallest absolute Gasteiger partial charge is 0.262 e. The van der Waals surface area contributed by atoms with Gasteiger partial charge < -0.3 is 15.4 Å². The summed E-state index contributed by atoms with van der Waals surface area (Å²) in [7, 11) is 0. The van der Waals surface area contributed by atoms with Crippen LogP contribution in [0.5, 0.6) is 5.75 Å². The Kier molecular flexibility index (Phi) is 7.21. The molecule has 0 saturated carbocycles. The summed E-state index contributed by atoms with van der Waals surface area (Å²) in [6.45, 7) is 6.43. The van der Waals surface area contributed by atoms with Crippen LogP contribution in [0, 0.1) is 13.8 Å². The predicted molar refractivity (Wildman–Crippen MR) is 107 cm³/mol. The molecule has 0 aliphatic heterocycles. The van der Waals surface area contributed by atoms with Gasteiger partial charge in [-0.1, -0.05) is 22.9 Å². The van der Waals surface area contributed by atoms with E-state index in [1.807, 2.05) is 32.9 Å². The number of carbonyl (C=O) groups excluding carboxylic acids is 2. The van der Waals surface area contributed by atoms with Gasteiger partial charge in [0.05, 0.1) is 0 Å². The molecule has 0 aromatic heterocycles. The zero-order chi connectivity index (χ0) is 19.1. The number of halogens is 1. The Bertz CT molecular complexity index is 765. The van der Waals surface area contributed by atoms with Crippen LogP contribution in [-0.2, 0) is 4.79 Å². The van der Waals surface area contributed by atoms with E-state index in [4.69, 9.17) is 4.74 Å². The number of hydrogen-bond acceptors (Lipinski definition) is 3. The molecule has 0 fully saturated rings. The number of nitrogens with one attached hydrogen (secondary N) is 2. The van der Waals surface area contributed by atoms with Crippen LogP contribution < -0.4 is 15.4 Å². The van der Waals surface area contributed by atoms with Gasteiger partial charge in [-0.3, -0.25) is 9.59 Å². The maximum Gasteiger partial charge on any atom is 0.262 e. The first-order valence-corrected chi connectivity index (χ1v) is 9.27. The van der Waals surface area contributed by atoms with Crippen LogP contribution in [0.25, 0.3) is 0 Å². The number of aryl methyl sites for hydroxylation is 2. The van der Waals surface area contributed by atoms with Crippen LogP contribution in [0.1, 0.15) is 34.8 Å². The Morgan fingerprint density at radius 1 is 1.08 bits per heavy atom. The van der Waals surface area contributed by atoms with Crippen molar-refractivity contribution in [1.82, 2.24) is 5.32 Å². The van der Waals surface area contributed by atoms with Crippen molar-refractivity contribution in [1.29, 1.82) is 0 Å². The monoisotopic (exact) mass is 418 g/mol. The molecular weight excluding hydrogens is 396 g/mol. The summed E-state index contributed by atoms with van der Waals surface area (Å²) in [5.41, 5.74) is 3.11. The fourth-order valence-electron chi connectivity index (χ4n) is 2.51. The lowest BCUT2D eigenvalue weighted by Crippen LogP contribution is -2.24. The molecule has 0 saturated heterocycles. The molecule has 0 aliphatic rings. The first kappa shape index (κ1) is 20.0. The molecule has 2 amide bonds. The van der Waals surface area contributed by atoms with E-state index >= 15 is 0 Å². The Morgan fingerprint density at radius 2 is 1.69 bits per heavy atom. The van der Waals surface area contributed by atoms with Crippen LogP contribution >= 0.6 is 15.9 Å². The second-order valence-electron chi connectivity index (χ2n) is 6.04. The van der Waals surface area contributed by atoms with Gasteiger partial charge in [0.1, 0.15) is 5.75 Å². The molecule has 2 rings (SSSR count). The minimum absolute atomic E-state index is 0.0813. The van der Waals surface area contributed by atoms with E-state index < -0.39 is 0 Å². The summed E-state index contributed by atoms with van der Waals surface area (Å²) in [5, 5.41) is 5.58. The lowest BCUT2D eigenvalue weighted by atomic mass is 10.1. The van der Waals surface area contributed by atoms with Crippen molar-refractivity contribution in [2.75, 3.05) is 18.5 Å². The molecule has 0 unspecified atom stereocenters. The molecule has 2 N–H and O–H groups in total. The van der Waals surface area contributed by atoms with Gasteiger partial charge in [0.2, 0.25) is 0 Å². The highest BCUT2D eigenvalue weighted by Crippen LogP contribution is 2.27. The van der Waals surface area contributed by atoms with E-state index in [1.54, 1.807) is 24.3 Å². The molecule has 2 aromatic rings. The summed E-state index contributed by atoms with van der Waals surface area (Å²) in [5.74, 6) is 0.343. The second-order valence-corrected chi connectivity index (χ2v) is 6.95. The van der Waals surface area contributed by atoms with Crippen molar-refractivity contribution in [3.63, 3.8) is 0 Å². The third kappa shape index (κ3) is 5.59. The van der Waals surface area contributed by atoms with Crippen LogP contribution in [-0.4, -0.2) is 25.0 Å². The van der Waals surface area contributed by atoms with Crippen LogP contribution in [0.3, 0.4) is 0 Å². The fourth-order valence-corrected chi connectivity index (χ4v) is 3.19. The Hall–Kier alpha value is -2.34. The SMILES string of the molecule is CCCNC(=O)c1ccc(NC(=O)COc2c(C)cc(Br)cc2C)cc1. The molecule has 138 valence electrons. The second kappa shape index (κ2) is 9.38.